The fraction of sp³-hybridized carbons (Fsp3) is 0.222. The van der Waals surface area contributed by atoms with Gasteiger partial charge in [-0.3, -0.25) is 4.57 Å². The van der Waals surface area contributed by atoms with Gasteiger partial charge >= 0.3 is 0 Å². The molecule has 298 valence electrons. The van der Waals surface area contributed by atoms with E-state index in [0.29, 0.717) is 11.4 Å². The number of phenols is 1. The minimum Gasteiger partial charge on any atom is -0.507 e. The van der Waals surface area contributed by atoms with Crippen LogP contribution in [0.3, 0.4) is 0 Å². The molecule has 0 saturated heterocycles. The summed E-state index contributed by atoms with van der Waals surface area (Å²) in [7, 11) is 0. The van der Waals surface area contributed by atoms with Crippen molar-refractivity contribution >= 4 is 53.7 Å². The van der Waals surface area contributed by atoms with Crippen LogP contribution in [0.15, 0.2) is 120 Å². The molecular weight excluding hydrogens is 755 g/mol. The molecule has 0 unspecified atom stereocenters. The molecule has 0 radical (unpaired) electrons. The van der Waals surface area contributed by atoms with E-state index in [4.69, 9.17) is 14.4 Å². The van der Waals surface area contributed by atoms with Crippen LogP contribution in [0.4, 0.5) is 0 Å². The summed E-state index contributed by atoms with van der Waals surface area (Å²) in [5, 5.41) is 13.7. The standard InChI is InChI=1S/C54H49N3O2S/c1-29(2)35-18-13-19-36(30(3)4)51(35)57-42-21-14-20-37(50(42)56-53(57)39-17-10-11-22-43(39)58)40-27-34(54(7,8)9)28-41(55-40)38-23-24-44-49-48-45(59-44)25-33(26-46(48)60-52(38)49)47-31(5)15-12-16-32(47)6/h10-30,58H,1-9H3. The van der Waals surface area contributed by atoms with Crippen LogP contribution in [-0.4, -0.2) is 19.6 Å². The number of aromatic hydroxyl groups is 1. The van der Waals surface area contributed by atoms with Gasteiger partial charge in [0.25, 0.3) is 0 Å². The molecule has 6 heteroatoms. The van der Waals surface area contributed by atoms with E-state index in [2.05, 4.69) is 158 Å². The van der Waals surface area contributed by atoms with Crippen molar-refractivity contribution in [1.29, 1.82) is 0 Å². The van der Waals surface area contributed by atoms with E-state index in [0.717, 1.165) is 55.8 Å². The lowest BCUT2D eigenvalue weighted by Crippen LogP contribution is -2.12. The molecule has 5 nitrogen and oxygen atoms in total. The van der Waals surface area contributed by atoms with E-state index in [1.54, 1.807) is 6.07 Å². The lowest BCUT2D eigenvalue weighted by Gasteiger charge is -2.23. The number of fused-ring (bicyclic) bond motifs is 1. The van der Waals surface area contributed by atoms with Crippen molar-refractivity contribution in [2.45, 2.75) is 79.6 Å². The van der Waals surface area contributed by atoms with Gasteiger partial charge in [0.05, 0.1) is 33.7 Å². The van der Waals surface area contributed by atoms with Crippen LogP contribution in [0.2, 0.25) is 0 Å². The summed E-state index contributed by atoms with van der Waals surface area (Å²) >= 11 is 1.83. The molecule has 0 amide bonds. The number of phenolic OH excluding ortho intramolecular Hbond substituents is 1. The quantitative estimate of drug-likeness (QED) is 0.174. The van der Waals surface area contributed by atoms with Crippen LogP contribution in [0.5, 0.6) is 5.75 Å². The summed E-state index contributed by atoms with van der Waals surface area (Å²) in [6.45, 7) is 20.1. The Morgan fingerprint density at radius 1 is 0.650 bits per heavy atom. The number of pyridine rings is 1. The molecule has 0 aliphatic heterocycles. The number of hydrogen-bond donors (Lipinski definition) is 1. The van der Waals surface area contributed by atoms with Gasteiger partial charge in [-0.15, -0.1) is 11.3 Å². The number of nitrogens with zero attached hydrogens (tertiary/aromatic N) is 3. The summed E-state index contributed by atoms with van der Waals surface area (Å²) in [5.74, 6) is 1.42. The molecule has 6 aromatic carbocycles. The number of aryl methyl sites for hydroxylation is 2. The Labute approximate surface area is 355 Å². The maximum atomic E-state index is 11.4. The summed E-state index contributed by atoms with van der Waals surface area (Å²) in [6, 6.07) is 40.4. The molecule has 0 spiro atoms. The molecule has 4 heterocycles. The smallest absolute Gasteiger partial charge is 0.149 e. The van der Waals surface area contributed by atoms with Gasteiger partial charge < -0.3 is 9.52 Å². The van der Waals surface area contributed by atoms with Crippen molar-refractivity contribution in [3.8, 4) is 56.5 Å². The van der Waals surface area contributed by atoms with Crippen molar-refractivity contribution in [2.24, 2.45) is 0 Å². The average Bonchev–Trinajstić information content (AvgIpc) is 3.92. The van der Waals surface area contributed by atoms with Crippen LogP contribution < -0.4 is 0 Å². The van der Waals surface area contributed by atoms with Gasteiger partial charge in [0.1, 0.15) is 22.7 Å². The third-order valence-corrected chi connectivity index (χ3v) is 13.4. The minimum atomic E-state index is -0.160. The molecular formula is C54H49N3O2S. The number of furan rings is 1. The summed E-state index contributed by atoms with van der Waals surface area (Å²) in [4.78, 5) is 11.0. The third kappa shape index (κ3) is 5.95. The van der Waals surface area contributed by atoms with E-state index in [9.17, 15) is 5.11 Å². The molecule has 0 aliphatic carbocycles. The second-order valence-electron chi connectivity index (χ2n) is 18.1. The molecule has 4 aromatic heterocycles. The first-order valence-corrected chi connectivity index (χ1v) is 21.8. The van der Waals surface area contributed by atoms with Gasteiger partial charge in [-0.25, -0.2) is 9.97 Å². The highest BCUT2D eigenvalue weighted by Crippen LogP contribution is 2.49. The molecule has 0 aliphatic rings. The second-order valence-corrected chi connectivity index (χ2v) is 19.1. The number of rotatable bonds is 7. The Bertz CT molecular complexity index is 3250. The highest BCUT2D eigenvalue weighted by Gasteiger charge is 2.27. The number of imidazole rings is 1. The third-order valence-electron chi connectivity index (χ3n) is 12.3. The molecule has 0 bridgehead atoms. The minimum absolute atomic E-state index is 0.160. The van der Waals surface area contributed by atoms with Crippen molar-refractivity contribution in [2.75, 3.05) is 0 Å². The topological polar surface area (TPSA) is 64.1 Å². The van der Waals surface area contributed by atoms with Crippen LogP contribution in [0, 0.1) is 13.8 Å². The Morgan fingerprint density at radius 2 is 1.30 bits per heavy atom. The van der Waals surface area contributed by atoms with E-state index >= 15 is 0 Å². The van der Waals surface area contributed by atoms with E-state index in [1.807, 2.05) is 29.5 Å². The first kappa shape index (κ1) is 38.0. The molecule has 10 rings (SSSR count). The van der Waals surface area contributed by atoms with Crippen LogP contribution in [0.25, 0.3) is 93.1 Å². The van der Waals surface area contributed by atoms with Crippen molar-refractivity contribution in [3.05, 3.63) is 143 Å². The maximum Gasteiger partial charge on any atom is 0.149 e. The second kappa shape index (κ2) is 13.9. The largest absolute Gasteiger partial charge is 0.507 e. The van der Waals surface area contributed by atoms with Crippen LogP contribution in [0.1, 0.15) is 88.1 Å². The zero-order valence-electron chi connectivity index (χ0n) is 35.7. The Hall–Kier alpha value is -6.24. The van der Waals surface area contributed by atoms with Gasteiger partial charge in [-0.2, -0.15) is 0 Å². The number of aromatic nitrogens is 3. The molecule has 0 saturated carbocycles. The SMILES string of the molecule is Cc1cccc(C)c1-c1cc2oc3ccc(-c4cc(C(C)(C)C)cc(-c5cccc6c5nc(-c5ccccc5O)n6-c5c(C(C)C)cccc5C(C)C)n4)c4sc(c1)c2c34. The van der Waals surface area contributed by atoms with Crippen LogP contribution >= 0.6 is 11.3 Å². The van der Waals surface area contributed by atoms with E-state index < -0.39 is 0 Å². The molecule has 60 heavy (non-hydrogen) atoms. The highest BCUT2D eigenvalue weighted by molar-refractivity contribution is 7.26. The summed E-state index contributed by atoms with van der Waals surface area (Å²) in [5.41, 5.74) is 17.7. The van der Waals surface area contributed by atoms with E-state index in [-0.39, 0.29) is 23.0 Å². The van der Waals surface area contributed by atoms with Gasteiger partial charge in [0.2, 0.25) is 0 Å². The predicted octanol–water partition coefficient (Wildman–Crippen LogP) is 15.5. The van der Waals surface area contributed by atoms with Crippen molar-refractivity contribution < 1.29 is 9.52 Å². The Kier molecular flexibility index (Phi) is 8.82. The predicted molar refractivity (Wildman–Crippen MR) is 252 cm³/mol. The lowest BCUT2D eigenvalue weighted by molar-refractivity contribution is 0.477. The fourth-order valence-electron chi connectivity index (χ4n) is 9.22. The zero-order valence-corrected chi connectivity index (χ0v) is 36.5. The molecule has 0 fully saturated rings. The Morgan fingerprint density at radius 3 is 1.98 bits per heavy atom. The average molecular weight is 804 g/mol. The first-order valence-electron chi connectivity index (χ1n) is 21.0. The molecule has 10 aromatic rings. The first-order chi connectivity index (χ1) is 28.8. The molecule has 1 N–H and O–H groups in total. The number of para-hydroxylation sites is 3. The number of thiophene rings is 1. The van der Waals surface area contributed by atoms with Gasteiger partial charge in [0.15, 0.2) is 0 Å². The molecule has 0 atom stereocenters. The maximum absolute atomic E-state index is 11.4. The fourth-order valence-corrected chi connectivity index (χ4v) is 10.5. The Balaban J connectivity index is 1.23. The van der Waals surface area contributed by atoms with E-state index in [1.165, 1.54) is 53.7 Å². The summed E-state index contributed by atoms with van der Waals surface area (Å²) < 4.78 is 11.3. The van der Waals surface area contributed by atoms with Crippen molar-refractivity contribution in [3.63, 3.8) is 0 Å². The monoisotopic (exact) mass is 803 g/mol. The number of hydrogen-bond acceptors (Lipinski definition) is 5. The highest BCUT2D eigenvalue weighted by atomic mass is 32.1. The summed E-state index contributed by atoms with van der Waals surface area (Å²) in [6.07, 6.45) is 0. The zero-order chi connectivity index (χ0) is 41.8. The van der Waals surface area contributed by atoms with Gasteiger partial charge in [-0.05, 0) is 125 Å². The lowest BCUT2D eigenvalue weighted by atomic mass is 9.85. The van der Waals surface area contributed by atoms with Crippen molar-refractivity contribution in [1.82, 2.24) is 14.5 Å². The van der Waals surface area contributed by atoms with Crippen LogP contribution in [-0.2, 0) is 5.41 Å². The van der Waals surface area contributed by atoms with Gasteiger partial charge in [-0.1, -0.05) is 109 Å². The number of benzene rings is 6. The van der Waals surface area contributed by atoms with Gasteiger partial charge in [0, 0.05) is 31.3 Å². The normalized spacial score (nSPS) is 12.4.